The van der Waals surface area contributed by atoms with Crippen molar-refractivity contribution in [2.24, 2.45) is 5.92 Å². The Bertz CT molecular complexity index is 991. The third kappa shape index (κ3) is 17.7. The highest BCUT2D eigenvalue weighted by molar-refractivity contribution is 5.74. The van der Waals surface area contributed by atoms with Gasteiger partial charge >= 0.3 is 5.97 Å². The quantitative estimate of drug-likeness (QED) is 0.154. The summed E-state index contributed by atoms with van der Waals surface area (Å²) in [4.78, 5) is 13.1. The van der Waals surface area contributed by atoms with Gasteiger partial charge in [0.05, 0.1) is 48.8 Å². The van der Waals surface area contributed by atoms with E-state index in [0.29, 0.717) is 12.0 Å². The van der Waals surface area contributed by atoms with E-state index >= 15 is 0 Å². The van der Waals surface area contributed by atoms with E-state index in [1.807, 2.05) is 6.92 Å². The topological polar surface area (TPSA) is 208 Å². The molecule has 0 saturated heterocycles. The number of cyclic esters (lactones) is 1. The van der Waals surface area contributed by atoms with Crippen LogP contribution in [0.4, 0.5) is 0 Å². The van der Waals surface area contributed by atoms with Crippen LogP contribution in [0.1, 0.15) is 85.0 Å². The molecule has 1 rings (SSSR count). The second-order valence-electron chi connectivity index (χ2n) is 12.4. The number of unbranched alkanes of at least 4 members (excludes halogenated alkanes) is 2. The third-order valence-electron chi connectivity index (χ3n) is 8.03. The Kier molecular flexibility index (Phi) is 21.1. The lowest BCUT2D eigenvalue weighted by Crippen LogP contribution is -2.43. The number of allylic oxidation sites excluding steroid dienone is 8. The van der Waals surface area contributed by atoms with Crippen LogP contribution in [-0.2, 0) is 9.53 Å². The number of rotatable bonds is 5. The van der Waals surface area contributed by atoms with Gasteiger partial charge < -0.3 is 50.7 Å². The largest absolute Gasteiger partial charge is 0.459 e. The summed E-state index contributed by atoms with van der Waals surface area (Å²) >= 11 is 0. The van der Waals surface area contributed by atoms with E-state index < -0.39 is 72.9 Å². The second kappa shape index (κ2) is 23.2. The predicted molar refractivity (Wildman–Crippen MR) is 175 cm³/mol. The average Bonchev–Trinajstić information content (AvgIpc) is 2.94. The molecule has 46 heavy (non-hydrogen) atoms. The number of hydrogen-bond acceptors (Lipinski definition) is 11. The van der Waals surface area contributed by atoms with Crippen molar-refractivity contribution in [3.8, 4) is 0 Å². The zero-order chi connectivity index (χ0) is 34.6. The third-order valence-corrected chi connectivity index (χ3v) is 8.03. The molecule has 0 bridgehead atoms. The lowest BCUT2D eigenvalue weighted by Gasteiger charge is -2.29. The Balaban J connectivity index is 3.14. The van der Waals surface area contributed by atoms with Crippen LogP contribution >= 0.6 is 0 Å². The minimum atomic E-state index is -1.52. The molecule has 264 valence electrons. The molecular weight excluding hydrogens is 596 g/mol. The first kappa shape index (κ1) is 41.8. The Hall–Kier alpha value is -2.19. The molecule has 11 atom stereocenters. The van der Waals surface area contributed by atoms with Gasteiger partial charge in [-0.25, -0.2) is 0 Å². The molecule has 0 saturated carbocycles. The Morgan fingerprint density at radius 2 is 1.20 bits per heavy atom. The van der Waals surface area contributed by atoms with Crippen molar-refractivity contribution in [2.75, 3.05) is 0 Å². The van der Waals surface area contributed by atoms with Crippen molar-refractivity contribution in [1.82, 2.24) is 0 Å². The van der Waals surface area contributed by atoms with Gasteiger partial charge in [-0.2, -0.15) is 0 Å². The van der Waals surface area contributed by atoms with Crippen molar-refractivity contribution in [2.45, 2.75) is 146 Å². The highest BCUT2D eigenvalue weighted by Gasteiger charge is 2.37. The number of carbonyl (C=O) groups is 1. The highest BCUT2D eigenvalue weighted by atomic mass is 16.6. The molecule has 0 spiro atoms. The maximum Gasteiger partial charge on any atom is 0.314 e. The van der Waals surface area contributed by atoms with E-state index in [-0.39, 0.29) is 44.9 Å². The molecule has 0 aromatic rings. The van der Waals surface area contributed by atoms with E-state index in [1.54, 1.807) is 55.5 Å². The average molecular weight is 655 g/mol. The minimum Gasteiger partial charge on any atom is -0.459 e. The summed E-state index contributed by atoms with van der Waals surface area (Å²) in [6.07, 6.45) is 4.69. The van der Waals surface area contributed by atoms with Gasteiger partial charge in [-0.05, 0) is 51.5 Å². The molecule has 9 N–H and O–H groups in total. The van der Waals surface area contributed by atoms with Crippen molar-refractivity contribution >= 4 is 5.97 Å². The summed E-state index contributed by atoms with van der Waals surface area (Å²) in [6.45, 7) is 5.18. The predicted octanol–water partition coefficient (Wildman–Crippen LogP) is 1.89. The van der Waals surface area contributed by atoms with Crippen LogP contribution in [0.15, 0.2) is 60.3 Å². The number of aliphatic hydroxyl groups excluding tert-OH is 9. The van der Waals surface area contributed by atoms with Crippen LogP contribution < -0.4 is 0 Å². The van der Waals surface area contributed by atoms with Crippen LogP contribution in [0.5, 0.6) is 0 Å². The van der Waals surface area contributed by atoms with Gasteiger partial charge in [0.2, 0.25) is 0 Å². The second-order valence-corrected chi connectivity index (χ2v) is 12.4. The maximum atomic E-state index is 13.1. The number of ether oxygens (including phenoxy) is 1. The number of carbonyl (C=O) groups excluding carboxylic acids is 1. The molecule has 1 aliphatic heterocycles. The van der Waals surface area contributed by atoms with Crippen LogP contribution in [0.25, 0.3) is 0 Å². The molecule has 0 aromatic heterocycles. The molecule has 11 heteroatoms. The first-order valence-electron chi connectivity index (χ1n) is 16.4. The lowest BCUT2D eigenvalue weighted by atomic mass is 9.87. The van der Waals surface area contributed by atoms with Crippen molar-refractivity contribution < 1.29 is 55.5 Å². The summed E-state index contributed by atoms with van der Waals surface area (Å²) in [6, 6.07) is 0. The summed E-state index contributed by atoms with van der Waals surface area (Å²) < 4.78 is 5.42. The van der Waals surface area contributed by atoms with Crippen molar-refractivity contribution in [3.05, 3.63) is 60.3 Å². The van der Waals surface area contributed by atoms with E-state index in [4.69, 9.17) is 4.74 Å². The standard InChI is InChI=1S/C35H58O11/c1-4-5-11-16-31(42)34-33(44)22-29(40)20-27(38)18-25(36)17-26(37)19-28(39)21-32(43)23(2)14-12-9-7-6-8-10-13-15-30(41)24(3)46-35(34)45/h6-10,12-15,24-34,36-44H,4-5,11,16-22H2,1-3H3/b7-6+,10-8+,12-9+,15-13+,23-14+/t24-,25+,26-,27+,28-,29+,30+,31-,32+,33+,34-/m1/s1. The summed E-state index contributed by atoms with van der Waals surface area (Å²) in [5.41, 5.74) is 0.609. The summed E-state index contributed by atoms with van der Waals surface area (Å²) in [5.74, 6) is -2.33. The normalized spacial score (nSPS) is 38.6. The molecule has 0 radical (unpaired) electrons. The summed E-state index contributed by atoms with van der Waals surface area (Å²) in [7, 11) is 0. The van der Waals surface area contributed by atoms with Crippen molar-refractivity contribution in [3.63, 3.8) is 0 Å². The Labute approximate surface area is 273 Å². The fraction of sp³-hybridized carbons (Fsp3) is 0.686. The highest BCUT2D eigenvalue weighted by Crippen LogP contribution is 2.24. The number of aliphatic hydroxyl groups is 9. The maximum absolute atomic E-state index is 13.1. The first-order valence-corrected chi connectivity index (χ1v) is 16.4. The van der Waals surface area contributed by atoms with Gasteiger partial charge in [0.25, 0.3) is 0 Å². The van der Waals surface area contributed by atoms with E-state index in [0.717, 1.165) is 12.8 Å². The van der Waals surface area contributed by atoms with Gasteiger partial charge in [0, 0.05) is 12.8 Å². The Morgan fingerprint density at radius 1 is 0.717 bits per heavy atom. The first-order chi connectivity index (χ1) is 21.7. The van der Waals surface area contributed by atoms with Crippen LogP contribution in [0.3, 0.4) is 0 Å². The smallest absolute Gasteiger partial charge is 0.314 e. The van der Waals surface area contributed by atoms with Gasteiger partial charge in [0.15, 0.2) is 0 Å². The molecule has 0 fully saturated rings. The molecule has 0 unspecified atom stereocenters. The van der Waals surface area contributed by atoms with E-state index in [1.165, 1.54) is 13.0 Å². The van der Waals surface area contributed by atoms with Gasteiger partial charge in [-0.15, -0.1) is 0 Å². The van der Waals surface area contributed by atoms with E-state index in [9.17, 15) is 50.8 Å². The van der Waals surface area contributed by atoms with Crippen LogP contribution in [-0.4, -0.2) is 113 Å². The van der Waals surface area contributed by atoms with Crippen LogP contribution in [0, 0.1) is 5.92 Å². The molecule has 11 nitrogen and oxygen atoms in total. The molecule has 0 aromatic carbocycles. The monoisotopic (exact) mass is 654 g/mol. The number of hydrogen-bond donors (Lipinski definition) is 9. The van der Waals surface area contributed by atoms with Gasteiger partial charge in [-0.1, -0.05) is 80.9 Å². The molecular formula is C35H58O11. The fourth-order valence-electron chi connectivity index (χ4n) is 5.27. The molecule has 0 aliphatic carbocycles. The lowest BCUT2D eigenvalue weighted by molar-refractivity contribution is -0.168. The fourth-order valence-corrected chi connectivity index (χ4v) is 5.27. The zero-order valence-corrected chi connectivity index (χ0v) is 27.5. The molecule has 0 amide bonds. The SMILES string of the molecule is CCCCC[C@@H](O)[C@H]1C(=O)O[C@H](C)[C@@H](O)/C=C/C=C/C=C/C=C/C=C(\C)[C@@H](O)C[C@H](O)C[C@H](O)C[C@H](O)C[C@H](O)C[C@H](O)C[C@@H]1O. The minimum absolute atomic E-state index is 0.0162. The van der Waals surface area contributed by atoms with Gasteiger partial charge in [0.1, 0.15) is 18.1 Å². The van der Waals surface area contributed by atoms with Gasteiger partial charge in [-0.3, -0.25) is 4.79 Å². The summed E-state index contributed by atoms with van der Waals surface area (Å²) in [5, 5.41) is 94.8. The molecule has 1 heterocycles. The van der Waals surface area contributed by atoms with E-state index in [2.05, 4.69) is 0 Å². The zero-order valence-electron chi connectivity index (χ0n) is 27.5. The van der Waals surface area contributed by atoms with Crippen molar-refractivity contribution in [1.29, 1.82) is 0 Å². The number of esters is 1. The van der Waals surface area contributed by atoms with Crippen LogP contribution in [0.2, 0.25) is 0 Å². The molecule has 1 aliphatic rings. The Morgan fingerprint density at radius 3 is 1.74 bits per heavy atom.